The first-order valence-corrected chi connectivity index (χ1v) is 16.9. The molecular formula is C29H44N4O9Si. The molecule has 1 saturated heterocycles. The largest absolute Gasteiger partial charge is 0.445 e. The van der Waals surface area contributed by atoms with Crippen LogP contribution in [0.5, 0.6) is 0 Å². The summed E-state index contributed by atoms with van der Waals surface area (Å²) in [7, 11) is -1.95. The maximum atomic E-state index is 13.7. The van der Waals surface area contributed by atoms with E-state index < -0.39 is 49.7 Å². The topological polar surface area (TPSA) is 159 Å². The van der Waals surface area contributed by atoms with E-state index in [9.17, 15) is 24.5 Å². The fourth-order valence-electron chi connectivity index (χ4n) is 4.78. The van der Waals surface area contributed by atoms with Crippen LogP contribution in [0.15, 0.2) is 41.9 Å². The molecule has 0 aliphatic carbocycles. The van der Waals surface area contributed by atoms with Gasteiger partial charge < -0.3 is 18.6 Å². The summed E-state index contributed by atoms with van der Waals surface area (Å²) in [4.78, 5) is 54.1. The Kier molecular flexibility index (Phi) is 12.2. The Balaban J connectivity index is 2.52. The zero-order chi connectivity index (χ0) is 32.6. The summed E-state index contributed by atoms with van der Waals surface area (Å²) >= 11 is 0. The molecule has 1 heterocycles. The van der Waals surface area contributed by atoms with Gasteiger partial charge in [-0.2, -0.15) is 4.99 Å². The number of nitro benzene ring substituents is 1. The fourth-order valence-corrected chi connectivity index (χ4v) is 5.96. The molecule has 0 bridgehead atoms. The number of hydrogen-bond donors (Lipinski definition) is 1. The van der Waals surface area contributed by atoms with Gasteiger partial charge in [0, 0.05) is 25.1 Å². The first kappa shape index (κ1) is 35.6. The van der Waals surface area contributed by atoms with Crippen molar-refractivity contribution >= 4 is 33.0 Å². The van der Waals surface area contributed by atoms with E-state index >= 15 is 0 Å². The number of carbonyl (C=O) groups excluding carboxylic acids is 3. The Bertz CT molecular complexity index is 1190. The molecule has 1 N–H and O–H groups in total. The van der Waals surface area contributed by atoms with E-state index in [4.69, 9.17) is 18.6 Å². The summed E-state index contributed by atoms with van der Waals surface area (Å²) in [6, 6.07) is 5.51. The number of nitrogens with one attached hydrogen (secondary N) is 1. The molecule has 2 rings (SSSR count). The summed E-state index contributed by atoms with van der Waals surface area (Å²) in [6.07, 6.45) is -0.833. The maximum absolute atomic E-state index is 13.7. The lowest BCUT2D eigenvalue weighted by Crippen LogP contribution is -2.65. The third-order valence-corrected chi connectivity index (χ3v) is 7.66. The smallest absolute Gasteiger partial charge is 0.412 e. The lowest BCUT2D eigenvalue weighted by Gasteiger charge is -2.46. The number of nitro groups is 1. The molecule has 0 saturated carbocycles. The predicted molar refractivity (Wildman–Crippen MR) is 161 cm³/mol. The number of rotatable bonds is 12. The van der Waals surface area contributed by atoms with Crippen molar-refractivity contribution in [3.8, 4) is 0 Å². The van der Waals surface area contributed by atoms with Crippen LogP contribution >= 0.6 is 0 Å². The normalized spacial score (nSPS) is 20.1. The third kappa shape index (κ3) is 9.99. The van der Waals surface area contributed by atoms with Crippen molar-refractivity contribution < 1.29 is 37.9 Å². The van der Waals surface area contributed by atoms with Crippen molar-refractivity contribution in [2.45, 2.75) is 91.3 Å². The number of carbonyl (C=O) groups is 2. The molecule has 43 heavy (non-hydrogen) atoms. The SMILES string of the molecule is C=CCOC(C(N=C=O)NC(=O)OCc1ccc([N+](=O)[O-])cc1)[C@@]1(O[SiH](C)C)C[C@H](C(C)(C)C)CN1C(=O)OC(C)(C)C. The van der Waals surface area contributed by atoms with E-state index in [-0.39, 0.29) is 36.8 Å². The minimum atomic E-state index is -1.95. The van der Waals surface area contributed by atoms with Gasteiger partial charge in [0.15, 0.2) is 20.9 Å². The van der Waals surface area contributed by atoms with E-state index in [0.29, 0.717) is 12.0 Å². The van der Waals surface area contributed by atoms with Crippen LogP contribution in [0.4, 0.5) is 15.3 Å². The van der Waals surface area contributed by atoms with Crippen molar-refractivity contribution in [1.29, 1.82) is 0 Å². The Morgan fingerprint density at radius 1 is 1.26 bits per heavy atom. The third-order valence-electron chi connectivity index (χ3n) is 6.78. The van der Waals surface area contributed by atoms with Gasteiger partial charge in [0.05, 0.1) is 11.5 Å². The van der Waals surface area contributed by atoms with Crippen molar-refractivity contribution in [3.63, 3.8) is 0 Å². The molecule has 1 aliphatic heterocycles. The number of non-ortho nitro benzene ring substituents is 1. The summed E-state index contributed by atoms with van der Waals surface area (Å²) in [6.45, 7) is 19.1. The first-order valence-electron chi connectivity index (χ1n) is 14.1. The van der Waals surface area contributed by atoms with Crippen LogP contribution in [0.1, 0.15) is 53.5 Å². The van der Waals surface area contributed by atoms with Crippen molar-refractivity contribution in [2.24, 2.45) is 16.3 Å². The van der Waals surface area contributed by atoms with Crippen LogP contribution in [-0.2, 0) is 30.0 Å². The lowest BCUT2D eigenvalue weighted by atomic mass is 9.78. The summed E-state index contributed by atoms with van der Waals surface area (Å²) in [5, 5.41) is 13.5. The minimum absolute atomic E-state index is 0.0117. The number of ether oxygens (including phenoxy) is 3. The molecule has 2 amide bonds. The average molecular weight is 621 g/mol. The Hall–Kier alpha value is -3.58. The summed E-state index contributed by atoms with van der Waals surface area (Å²) in [5.74, 6) is -0.0717. The number of alkyl carbamates (subject to hydrolysis) is 1. The number of likely N-dealkylation sites (tertiary alicyclic amines) is 1. The van der Waals surface area contributed by atoms with Gasteiger partial charge in [0.1, 0.15) is 18.3 Å². The number of isocyanates is 1. The minimum Gasteiger partial charge on any atom is -0.445 e. The van der Waals surface area contributed by atoms with Gasteiger partial charge in [-0.1, -0.05) is 26.8 Å². The van der Waals surface area contributed by atoms with Crippen LogP contribution in [0.2, 0.25) is 13.1 Å². The Morgan fingerprint density at radius 2 is 1.88 bits per heavy atom. The molecule has 1 fully saturated rings. The van der Waals surface area contributed by atoms with Crippen LogP contribution in [0.25, 0.3) is 0 Å². The average Bonchev–Trinajstić information content (AvgIpc) is 3.27. The second-order valence-electron chi connectivity index (χ2n) is 12.7. The van der Waals surface area contributed by atoms with Gasteiger partial charge in [-0.3, -0.25) is 20.3 Å². The van der Waals surface area contributed by atoms with Crippen molar-refractivity contribution in [3.05, 3.63) is 52.6 Å². The van der Waals surface area contributed by atoms with Gasteiger partial charge in [0.25, 0.3) is 5.69 Å². The first-order chi connectivity index (χ1) is 19.9. The van der Waals surface area contributed by atoms with E-state index in [2.05, 4.69) is 37.7 Å². The molecule has 2 unspecified atom stereocenters. The zero-order valence-electron chi connectivity index (χ0n) is 26.2. The zero-order valence-corrected chi connectivity index (χ0v) is 27.4. The van der Waals surface area contributed by atoms with Crippen molar-refractivity contribution in [1.82, 2.24) is 10.2 Å². The molecule has 1 aromatic carbocycles. The van der Waals surface area contributed by atoms with E-state index in [1.807, 2.05) is 13.1 Å². The van der Waals surface area contributed by atoms with Crippen LogP contribution in [0, 0.1) is 21.4 Å². The standard InChI is InChI=1S/C29H44N4O9Si/c1-10-15-39-23(24(30-19-34)31-25(35)40-18-20-11-13-22(14-12-20)33(37)38)29(42-43(8)9)16-21(27(2,3)4)17-32(29)26(36)41-28(5,6)7/h10-14,21,23-24,43H,1,15-18H2,2-9H3,(H,31,35)/t21-,23?,24?,29-/m0/s1. The molecular weight excluding hydrogens is 576 g/mol. The number of benzene rings is 1. The van der Waals surface area contributed by atoms with Crippen LogP contribution < -0.4 is 5.32 Å². The monoisotopic (exact) mass is 620 g/mol. The molecule has 238 valence electrons. The van der Waals surface area contributed by atoms with E-state index in [1.165, 1.54) is 41.3 Å². The number of hydrogen-bond acceptors (Lipinski definition) is 10. The van der Waals surface area contributed by atoms with Gasteiger partial charge in [-0.15, -0.1) is 6.58 Å². The molecule has 0 aromatic heterocycles. The van der Waals surface area contributed by atoms with Gasteiger partial charge >= 0.3 is 12.2 Å². The molecule has 0 radical (unpaired) electrons. The molecule has 1 aliphatic rings. The number of aliphatic imine (C=N–C) groups is 1. The highest BCUT2D eigenvalue weighted by atomic mass is 28.3. The molecule has 13 nitrogen and oxygen atoms in total. The summed E-state index contributed by atoms with van der Waals surface area (Å²) in [5.41, 5.74) is -2.14. The van der Waals surface area contributed by atoms with Crippen LogP contribution in [-0.4, -0.2) is 73.9 Å². The molecule has 1 aromatic rings. The number of amides is 2. The lowest BCUT2D eigenvalue weighted by molar-refractivity contribution is -0.384. The van der Waals surface area contributed by atoms with Crippen molar-refractivity contribution in [2.75, 3.05) is 13.2 Å². The Labute approximate surface area is 254 Å². The van der Waals surface area contributed by atoms with E-state index in [0.717, 1.165) is 0 Å². The highest BCUT2D eigenvalue weighted by Crippen LogP contribution is 2.47. The van der Waals surface area contributed by atoms with Gasteiger partial charge in [-0.25, -0.2) is 14.4 Å². The molecule has 0 spiro atoms. The Morgan fingerprint density at radius 3 is 2.37 bits per heavy atom. The predicted octanol–water partition coefficient (Wildman–Crippen LogP) is 5.05. The molecule has 4 atom stereocenters. The fraction of sp³-hybridized carbons (Fsp3) is 0.621. The highest BCUT2D eigenvalue weighted by molar-refractivity contribution is 6.48. The quantitative estimate of drug-likeness (QED) is 0.0842. The highest BCUT2D eigenvalue weighted by Gasteiger charge is 2.60. The number of nitrogens with zero attached hydrogens (tertiary/aromatic N) is 3. The summed E-state index contributed by atoms with van der Waals surface area (Å²) < 4.78 is 24.0. The second kappa shape index (κ2) is 14.7. The van der Waals surface area contributed by atoms with Gasteiger partial charge in [0.2, 0.25) is 6.08 Å². The van der Waals surface area contributed by atoms with E-state index in [1.54, 1.807) is 20.8 Å². The van der Waals surface area contributed by atoms with Crippen LogP contribution in [0.3, 0.4) is 0 Å². The molecule has 14 heteroatoms. The second-order valence-corrected chi connectivity index (χ2v) is 15.1. The van der Waals surface area contributed by atoms with Gasteiger partial charge in [-0.05, 0) is 62.9 Å². The maximum Gasteiger partial charge on any atom is 0.412 e.